The van der Waals surface area contributed by atoms with E-state index in [2.05, 4.69) is 34.6 Å². The highest BCUT2D eigenvalue weighted by molar-refractivity contribution is 6.05. The molecule has 2 rings (SSSR count). The van der Waals surface area contributed by atoms with Crippen LogP contribution in [0.25, 0.3) is 11.0 Å². The van der Waals surface area contributed by atoms with E-state index in [0.29, 0.717) is 12.1 Å². The number of pyridine rings is 1. The van der Waals surface area contributed by atoms with Crippen molar-refractivity contribution in [1.82, 2.24) is 25.4 Å². The highest BCUT2D eigenvalue weighted by atomic mass is 16.1. The first kappa shape index (κ1) is 16.4. The largest absolute Gasteiger partial charge is 0.352 e. The van der Waals surface area contributed by atoms with Gasteiger partial charge in [-0.25, -0.2) is 9.67 Å². The third kappa shape index (κ3) is 3.44. The van der Waals surface area contributed by atoms with Crippen molar-refractivity contribution in [3.63, 3.8) is 0 Å². The molecule has 0 aliphatic carbocycles. The van der Waals surface area contributed by atoms with Crippen molar-refractivity contribution in [1.29, 1.82) is 0 Å². The summed E-state index contributed by atoms with van der Waals surface area (Å²) in [6, 6.07) is 2.09. The minimum absolute atomic E-state index is 0.0599. The van der Waals surface area contributed by atoms with Crippen molar-refractivity contribution in [3.8, 4) is 0 Å². The Labute approximate surface area is 131 Å². The molecule has 0 fully saturated rings. The van der Waals surface area contributed by atoms with Crippen LogP contribution in [-0.4, -0.2) is 40.8 Å². The van der Waals surface area contributed by atoms with Gasteiger partial charge in [-0.3, -0.25) is 4.79 Å². The van der Waals surface area contributed by atoms with Gasteiger partial charge in [0.1, 0.15) is 0 Å². The zero-order valence-electron chi connectivity index (χ0n) is 13.8. The quantitative estimate of drug-likeness (QED) is 0.768. The summed E-state index contributed by atoms with van der Waals surface area (Å²) in [5, 5.41) is 11.3. The van der Waals surface area contributed by atoms with Gasteiger partial charge in [-0.2, -0.15) is 5.10 Å². The van der Waals surface area contributed by atoms with Crippen LogP contribution in [-0.2, 0) is 0 Å². The molecule has 1 atom stereocenters. The van der Waals surface area contributed by atoms with E-state index in [1.54, 1.807) is 6.20 Å². The van der Waals surface area contributed by atoms with Gasteiger partial charge in [-0.05, 0) is 46.3 Å². The van der Waals surface area contributed by atoms with Crippen LogP contribution in [0.1, 0.15) is 48.8 Å². The van der Waals surface area contributed by atoms with Gasteiger partial charge < -0.3 is 10.6 Å². The first-order valence-electron chi connectivity index (χ1n) is 7.86. The maximum Gasteiger partial charge on any atom is 0.252 e. The van der Waals surface area contributed by atoms with Gasteiger partial charge >= 0.3 is 0 Å². The number of rotatable bonds is 7. The molecule has 0 bridgehead atoms. The number of fused-ring (bicyclic) bond motifs is 1. The third-order valence-electron chi connectivity index (χ3n) is 3.84. The van der Waals surface area contributed by atoms with Crippen molar-refractivity contribution in [2.45, 2.75) is 39.7 Å². The van der Waals surface area contributed by atoms with Crippen molar-refractivity contribution >= 4 is 16.9 Å². The minimum Gasteiger partial charge on any atom is -0.352 e. The van der Waals surface area contributed by atoms with Crippen LogP contribution in [0.4, 0.5) is 0 Å². The molecule has 0 aliphatic rings. The predicted octanol–water partition coefficient (Wildman–Crippen LogP) is 2.05. The molecule has 2 aromatic rings. The summed E-state index contributed by atoms with van der Waals surface area (Å²) in [7, 11) is 1.90. The fraction of sp³-hybridized carbons (Fsp3) is 0.562. The molecule has 2 aromatic heterocycles. The van der Waals surface area contributed by atoms with E-state index >= 15 is 0 Å². The average Bonchev–Trinajstić information content (AvgIpc) is 2.93. The summed E-state index contributed by atoms with van der Waals surface area (Å²) in [5.74, 6) is -0.0599. The number of aryl methyl sites for hydroxylation is 1. The van der Waals surface area contributed by atoms with Crippen LogP contribution in [0.5, 0.6) is 0 Å². The van der Waals surface area contributed by atoms with Gasteiger partial charge in [0.05, 0.1) is 23.2 Å². The highest BCUT2D eigenvalue weighted by Gasteiger charge is 2.17. The molecule has 6 heteroatoms. The lowest BCUT2D eigenvalue weighted by atomic mass is 10.1. The zero-order valence-corrected chi connectivity index (χ0v) is 13.8. The number of aromatic nitrogens is 3. The zero-order chi connectivity index (χ0) is 16.1. The van der Waals surface area contributed by atoms with Crippen molar-refractivity contribution in [2.24, 2.45) is 0 Å². The molecule has 2 heterocycles. The van der Waals surface area contributed by atoms with Crippen LogP contribution in [0, 0.1) is 6.92 Å². The molecule has 120 valence electrons. The molecular formula is C16H25N5O. The molecule has 0 aromatic carbocycles. The van der Waals surface area contributed by atoms with Gasteiger partial charge in [0, 0.05) is 12.2 Å². The van der Waals surface area contributed by atoms with E-state index in [9.17, 15) is 4.79 Å². The Morgan fingerprint density at radius 1 is 1.41 bits per heavy atom. The van der Waals surface area contributed by atoms with Crippen LogP contribution in [0.2, 0.25) is 0 Å². The fourth-order valence-electron chi connectivity index (χ4n) is 2.39. The van der Waals surface area contributed by atoms with Crippen LogP contribution in [0.15, 0.2) is 12.3 Å². The third-order valence-corrected chi connectivity index (χ3v) is 3.84. The van der Waals surface area contributed by atoms with Gasteiger partial charge in [-0.15, -0.1) is 0 Å². The molecule has 0 saturated carbocycles. The fourth-order valence-corrected chi connectivity index (χ4v) is 2.39. The van der Waals surface area contributed by atoms with Gasteiger partial charge in [0.25, 0.3) is 5.91 Å². The Bertz CT molecular complexity index is 649. The number of nitrogens with one attached hydrogen (secondary N) is 2. The molecule has 1 amide bonds. The molecule has 22 heavy (non-hydrogen) atoms. The van der Waals surface area contributed by atoms with Crippen molar-refractivity contribution in [2.75, 3.05) is 20.1 Å². The van der Waals surface area contributed by atoms with Crippen LogP contribution >= 0.6 is 0 Å². The lowest BCUT2D eigenvalue weighted by Gasteiger charge is -2.11. The molecule has 0 radical (unpaired) electrons. The maximum atomic E-state index is 12.4. The van der Waals surface area contributed by atoms with E-state index in [0.717, 1.165) is 36.1 Å². The Morgan fingerprint density at radius 3 is 2.86 bits per heavy atom. The Balaban J connectivity index is 2.30. The number of hydrogen-bond acceptors (Lipinski definition) is 4. The Hall–Kier alpha value is -1.95. The first-order valence-corrected chi connectivity index (χ1v) is 7.86. The molecular weight excluding hydrogens is 278 g/mol. The second kappa shape index (κ2) is 7.35. The molecule has 1 unspecified atom stereocenters. The van der Waals surface area contributed by atoms with Crippen LogP contribution in [0.3, 0.4) is 0 Å². The topological polar surface area (TPSA) is 71.8 Å². The van der Waals surface area contributed by atoms with Gasteiger partial charge in [-0.1, -0.05) is 6.92 Å². The second-order valence-electron chi connectivity index (χ2n) is 5.61. The summed E-state index contributed by atoms with van der Waals surface area (Å²) in [6.45, 7) is 7.67. The summed E-state index contributed by atoms with van der Waals surface area (Å²) in [6.07, 6.45) is 3.62. The van der Waals surface area contributed by atoms with Gasteiger partial charge in [0.15, 0.2) is 5.65 Å². The number of amides is 1. The maximum absolute atomic E-state index is 12.4. The normalized spacial score (nSPS) is 12.5. The number of carbonyl (C=O) groups excluding carboxylic acids is 1. The summed E-state index contributed by atoms with van der Waals surface area (Å²) < 4.78 is 1.90. The molecule has 2 N–H and O–H groups in total. The Kier molecular flexibility index (Phi) is 5.49. The van der Waals surface area contributed by atoms with E-state index in [4.69, 9.17) is 0 Å². The van der Waals surface area contributed by atoms with E-state index in [1.807, 2.05) is 24.7 Å². The number of hydrogen-bond donors (Lipinski definition) is 2. The monoisotopic (exact) mass is 303 g/mol. The predicted molar refractivity (Wildman–Crippen MR) is 88.1 cm³/mol. The first-order chi connectivity index (χ1) is 10.6. The lowest BCUT2D eigenvalue weighted by Crippen LogP contribution is -2.27. The Morgan fingerprint density at radius 2 is 2.18 bits per heavy atom. The minimum atomic E-state index is -0.0599. The standard InChI is InChI=1S/C16H25N5O/c1-5-12(3)21-15-14(10-19-21)13(9-11(2)20-15)16(22)18-8-6-7-17-4/h9-10,12,17H,5-8H2,1-4H3,(H,18,22). The second-order valence-corrected chi connectivity index (χ2v) is 5.61. The summed E-state index contributed by atoms with van der Waals surface area (Å²) >= 11 is 0. The molecule has 0 saturated heterocycles. The average molecular weight is 303 g/mol. The SMILES string of the molecule is CCC(C)n1ncc2c(C(=O)NCCCNC)cc(C)nc21. The smallest absolute Gasteiger partial charge is 0.252 e. The highest BCUT2D eigenvalue weighted by Crippen LogP contribution is 2.22. The summed E-state index contributed by atoms with van der Waals surface area (Å²) in [4.78, 5) is 17.0. The molecule has 0 spiro atoms. The van der Waals surface area contributed by atoms with Gasteiger partial charge in [0.2, 0.25) is 0 Å². The molecule has 6 nitrogen and oxygen atoms in total. The van der Waals surface area contributed by atoms with Crippen LogP contribution < -0.4 is 10.6 Å². The van der Waals surface area contributed by atoms with E-state index < -0.39 is 0 Å². The summed E-state index contributed by atoms with van der Waals surface area (Å²) in [5.41, 5.74) is 2.27. The van der Waals surface area contributed by atoms with Crippen molar-refractivity contribution < 1.29 is 4.79 Å². The number of nitrogens with zero attached hydrogens (tertiary/aromatic N) is 3. The lowest BCUT2D eigenvalue weighted by molar-refractivity contribution is 0.0955. The van der Waals surface area contributed by atoms with Crippen molar-refractivity contribution in [3.05, 3.63) is 23.5 Å². The van der Waals surface area contributed by atoms with E-state index in [1.165, 1.54) is 0 Å². The molecule has 0 aliphatic heterocycles. The van der Waals surface area contributed by atoms with E-state index in [-0.39, 0.29) is 11.9 Å². The number of carbonyl (C=O) groups is 1.